The molecule has 0 amide bonds. The molecule has 0 atom stereocenters. The molecule has 0 radical (unpaired) electrons. The molecule has 2 aromatic carbocycles. The van der Waals surface area contributed by atoms with Gasteiger partial charge in [-0.3, -0.25) is 4.79 Å². The first-order valence-corrected chi connectivity index (χ1v) is 8.47. The summed E-state index contributed by atoms with van der Waals surface area (Å²) in [6.45, 7) is 0.112. The summed E-state index contributed by atoms with van der Waals surface area (Å²) in [4.78, 5) is 10.8. The van der Waals surface area contributed by atoms with Gasteiger partial charge in [0.2, 0.25) is 0 Å². The maximum Gasteiger partial charge on any atom is 0.150 e. The zero-order valence-corrected chi connectivity index (χ0v) is 15.0. The molecule has 6 heteroatoms. The van der Waals surface area contributed by atoms with Crippen LogP contribution in [0.15, 0.2) is 42.5 Å². The Labute approximate surface area is 156 Å². The fraction of sp³-hybridized carbons (Fsp3) is 0.190. The fourth-order valence-corrected chi connectivity index (χ4v) is 2.94. The molecule has 0 aliphatic carbocycles. The molecule has 0 unspecified atom stereocenters. The fourth-order valence-electron chi connectivity index (χ4n) is 2.94. The molecular weight excluding hydrogens is 345 g/mol. The number of hydrogen-bond donors (Lipinski definition) is 2. The third kappa shape index (κ3) is 3.87. The number of nitrogens with two attached hydrogens (primary N) is 1. The summed E-state index contributed by atoms with van der Waals surface area (Å²) in [7, 11) is 1.54. The second kappa shape index (κ2) is 8.28. The molecule has 27 heavy (non-hydrogen) atoms. The van der Waals surface area contributed by atoms with Crippen molar-refractivity contribution in [2.75, 3.05) is 31.4 Å². The molecule has 1 aromatic heterocycles. The number of aromatic nitrogens is 1. The lowest BCUT2D eigenvalue weighted by Crippen LogP contribution is -2.03. The molecule has 0 bridgehead atoms. The predicted molar refractivity (Wildman–Crippen MR) is 106 cm³/mol. The summed E-state index contributed by atoms with van der Waals surface area (Å²) in [5.74, 6) is 6.69. The Hall–Kier alpha value is -3.46. The van der Waals surface area contributed by atoms with Crippen LogP contribution in [0.5, 0.6) is 5.75 Å². The van der Waals surface area contributed by atoms with Crippen molar-refractivity contribution in [2.24, 2.45) is 0 Å². The lowest BCUT2D eigenvalue weighted by molar-refractivity contribution is 0.112. The first kappa shape index (κ1) is 18.3. The third-order valence-corrected chi connectivity index (χ3v) is 4.23. The highest BCUT2D eigenvalue weighted by atomic mass is 19.1. The molecule has 3 rings (SSSR count). The number of ether oxygens (including phenoxy) is 1. The molecule has 0 fully saturated rings. The largest absolute Gasteiger partial charge is 0.495 e. The van der Waals surface area contributed by atoms with Gasteiger partial charge in [-0.2, -0.15) is 0 Å². The van der Waals surface area contributed by atoms with Crippen LogP contribution in [0.2, 0.25) is 0 Å². The van der Waals surface area contributed by atoms with Gasteiger partial charge in [-0.05, 0) is 42.3 Å². The Bertz CT molecular complexity index is 1030. The second-order valence-electron chi connectivity index (χ2n) is 5.88. The average Bonchev–Trinajstić information content (AvgIpc) is 3.04. The van der Waals surface area contributed by atoms with E-state index in [1.165, 1.54) is 0 Å². The third-order valence-electron chi connectivity index (χ3n) is 4.23. The molecular formula is C21H20FN3O2. The van der Waals surface area contributed by atoms with Crippen molar-refractivity contribution >= 4 is 28.6 Å². The minimum atomic E-state index is -0.480. The maximum absolute atomic E-state index is 13.0. The molecule has 0 spiro atoms. The van der Waals surface area contributed by atoms with Gasteiger partial charge in [0.05, 0.1) is 37.1 Å². The Kier molecular flexibility index (Phi) is 5.62. The number of halogens is 1. The van der Waals surface area contributed by atoms with Gasteiger partial charge in [-0.1, -0.05) is 12.0 Å². The molecule has 0 saturated heterocycles. The Morgan fingerprint density at radius 2 is 2.15 bits per heavy atom. The van der Waals surface area contributed by atoms with Gasteiger partial charge < -0.3 is 20.4 Å². The lowest BCUT2D eigenvalue weighted by atomic mass is 10.2. The number of carbonyl (C=O) groups excluding carboxylic acids is 1. The zero-order chi connectivity index (χ0) is 19.2. The van der Waals surface area contributed by atoms with E-state index < -0.39 is 6.67 Å². The van der Waals surface area contributed by atoms with Crippen LogP contribution in [0.3, 0.4) is 0 Å². The number of fused-ring (bicyclic) bond motifs is 1. The van der Waals surface area contributed by atoms with Crippen LogP contribution in [-0.4, -0.2) is 31.2 Å². The van der Waals surface area contributed by atoms with Crippen LogP contribution in [0, 0.1) is 11.8 Å². The van der Waals surface area contributed by atoms with Gasteiger partial charge in [-0.15, -0.1) is 0 Å². The number of benzene rings is 2. The quantitative estimate of drug-likeness (QED) is 0.399. The summed E-state index contributed by atoms with van der Waals surface area (Å²) < 4.78 is 20.1. The van der Waals surface area contributed by atoms with Crippen molar-refractivity contribution in [3.05, 3.63) is 53.7 Å². The SMILES string of the molecule is COc1cc(C=O)ccc1NCC#Cc1cc2c(N)cccc2n1CCF. The van der Waals surface area contributed by atoms with Gasteiger partial charge in [0.25, 0.3) is 0 Å². The van der Waals surface area contributed by atoms with Gasteiger partial charge in [-0.25, -0.2) is 4.39 Å². The van der Waals surface area contributed by atoms with Gasteiger partial charge in [0.15, 0.2) is 0 Å². The number of anilines is 2. The molecule has 0 aliphatic rings. The van der Waals surface area contributed by atoms with E-state index in [9.17, 15) is 9.18 Å². The lowest BCUT2D eigenvalue weighted by Gasteiger charge is -2.09. The summed E-state index contributed by atoms with van der Waals surface area (Å²) in [5, 5.41) is 4.03. The van der Waals surface area contributed by atoms with E-state index in [1.54, 1.807) is 25.3 Å². The maximum atomic E-state index is 13.0. The minimum Gasteiger partial charge on any atom is -0.495 e. The van der Waals surface area contributed by atoms with Crippen LogP contribution in [0.1, 0.15) is 16.1 Å². The number of alkyl halides is 1. The highest BCUT2D eigenvalue weighted by molar-refractivity contribution is 5.92. The van der Waals surface area contributed by atoms with Crippen molar-refractivity contribution in [2.45, 2.75) is 6.54 Å². The summed E-state index contributed by atoms with van der Waals surface area (Å²) in [6, 6.07) is 12.6. The van der Waals surface area contributed by atoms with E-state index >= 15 is 0 Å². The second-order valence-corrected chi connectivity index (χ2v) is 5.88. The number of rotatable bonds is 6. The first-order valence-electron chi connectivity index (χ1n) is 8.47. The number of aldehydes is 1. The molecule has 1 heterocycles. The van der Waals surface area contributed by atoms with E-state index in [2.05, 4.69) is 17.2 Å². The van der Waals surface area contributed by atoms with E-state index in [0.29, 0.717) is 29.2 Å². The summed E-state index contributed by atoms with van der Waals surface area (Å²) in [6.07, 6.45) is 0.765. The number of nitrogen functional groups attached to an aromatic ring is 1. The predicted octanol–water partition coefficient (Wildman–Crippen LogP) is 3.48. The van der Waals surface area contributed by atoms with Crippen molar-refractivity contribution in [1.29, 1.82) is 0 Å². The number of nitrogens with zero attached hydrogens (tertiary/aromatic N) is 1. The van der Waals surface area contributed by atoms with Crippen molar-refractivity contribution < 1.29 is 13.9 Å². The number of hydrogen-bond acceptors (Lipinski definition) is 4. The van der Waals surface area contributed by atoms with Crippen LogP contribution in [-0.2, 0) is 6.54 Å². The van der Waals surface area contributed by atoms with E-state index in [-0.39, 0.29) is 6.54 Å². The molecule has 5 nitrogen and oxygen atoms in total. The Morgan fingerprint density at radius 1 is 1.30 bits per heavy atom. The first-order chi connectivity index (χ1) is 13.2. The normalized spacial score (nSPS) is 10.3. The van der Waals surface area contributed by atoms with Crippen molar-refractivity contribution in [1.82, 2.24) is 4.57 Å². The van der Waals surface area contributed by atoms with Gasteiger partial charge in [0.1, 0.15) is 18.7 Å². The van der Waals surface area contributed by atoms with Gasteiger partial charge >= 0.3 is 0 Å². The van der Waals surface area contributed by atoms with Crippen LogP contribution >= 0.6 is 0 Å². The molecule has 138 valence electrons. The summed E-state index contributed by atoms with van der Waals surface area (Å²) >= 11 is 0. The topological polar surface area (TPSA) is 69.3 Å². The minimum absolute atomic E-state index is 0.228. The Morgan fingerprint density at radius 3 is 2.89 bits per heavy atom. The van der Waals surface area contributed by atoms with Crippen molar-refractivity contribution in [3.8, 4) is 17.6 Å². The number of carbonyl (C=O) groups is 1. The summed E-state index contributed by atoms with van der Waals surface area (Å²) in [5.41, 5.74) is 9.52. The number of aryl methyl sites for hydroxylation is 1. The smallest absolute Gasteiger partial charge is 0.150 e. The van der Waals surface area contributed by atoms with E-state index in [0.717, 1.165) is 22.9 Å². The zero-order valence-electron chi connectivity index (χ0n) is 15.0. The standard InChI is InChI=1S/C21H20FN3O2/c1-27-21-12-15(14-26)7-8-19(21)24-10-3-4-16-13-17-18(23)5-2-6-20(17)25(16)11-9-22/h2,5-8,12-14,24H,9-11,23H2,1H3. The highest BCUT2D eigenvalue weighted by Crippen LogP contribution is 2.26. The monoisotopic (exact) mass is 365 g/mol. The van der Waals surface area contributed by atoms with Crippen molar-refractivity contribution in [3.63, 3.8) is 0 Å². The van der Waals surface area contributed by atoms with Gasteiger partial charge in [0, 0.05) is 16.6 Å². The molecule has 0 aliphatic heterocycles. The van der Waals surface area contributed by atoms with Crippen LogP contribution < -0.4 is 15.8 Å². The Balaban J connectivity index is 1.81. The molecule has 3 aromatic rings. The van der Waals surface area contributed by atoms with Crippen LogP contribution in [0.25, 0.3) is 10.9 Å². The highest BCUT2D eigenvalue weighted by Gasteiger charge is 2.09. The van der Waals surface area contributed by atoms with Crippen LogP contribution in [0.4, 0.5) is 15.8 Å². The number of methoxy groups -OCH3 is 1. The van der Waals surface area contributed by atoms with E-state index in [4.69, 9.17) is 10.5 Å². The number of nitrogens with one attached hydrogen (secondary N) is 1. The molecule has 3 N–H and O–H groups in total. The average molecular weight is 365 g/mol. The van der Waals surface area contributed by atoms with E-state index in [1.807, 2.05) is 28.8 Å². The molecule has 0 saturated carbocycles.